The van der Waals surface area contributed by atoms with Gasteiger partial charge in [-0.25, -0.2) is 0 Å². The highest BCUT2D eigenvalue weighted by molar-refractivity contribution is 7.80. The second-order valence-electron chi connectivity index (χ2n) is 4.73. The quantitative estimate of drug-likeness (QED) is 0.814. The van der Waals surface area contributed by atoms with Gasteiger partial charge in [0.15, 0.2) is 5.11 Å². The predicted octanol–water partition coefficient (Wildman–Crippen LogP) is 4.08. The summed E-state index contributed by atoms with van der Waals surface area (Å²) in [4.78, 5) is 0. The molecule has 0 aliphatic heterocycles. The predicted molar refractivity (Wildman–Crippen MR) is 95.2 cm³/mol. The molecule has 116 valence electrons. The first-order chi connectivity index (χ1) is 10.6. The summed E-state index contributed by atoms with van der Waals surface area (Å²) in [5.74, 6) is 1.41. The number of thiocarbonyl (C=S) groups is 1. The largest absolute Gasteiger partial charge is 0.497 e. The van der Waals surface area contributed by atoms with Gasteiger partial charge in [0.1, 0.15) is 11.5 Å². The van der Waals surface area contributed by atoms with E-state index in [1.807, 2.05) is 30.3 Å². The number of ether oxygens (including phenoxy) is 2. The Kier molecular flexibility index (Phi) is 5.61. The zero-order valence-electron chi connectivity index (χ0n) is 13.0. The number of hydrogen-bond acceptors (Lipinski definition) is 3. The van der Waals surface area contributed by atoms with E-state index < -0.39 is 0 Å². The first kappa shape index (κ1) is 16.1. The Morgan fingerprint density at radius 1 is 0.909 bits per heavy atom. The molecule has 0 radical (unpaired) electrons. The Labute approximate surface area is 136 Å². The Bertz CT molecular complexity index is 619. The van der Waals surface area contributed by atoms with Gasteiger partial charge >= 0.3 is 0 Å². The van der Waals surface area contributed by atoms with Gasteiger partial charge in [0.05, 0.1) is 14.2 Å². The number of methoxy groups -OCH3 is 2. The molecule has 0 saturated heterocycles. The molecule has 5 heteroatoms. The Balaban J connectivity index is 2.04. The van der Waals surface area contributed by atoms with Crippen molar-refractivity contribution in [3.63, 3.8) is 0 Å². The van der Waals surface area contributed by atoms with Gasteiger partial charge in [-0.3, -0.25) is 0 Å². The van der Waals surface area contributed by atoms with E-state index in [-0.39, 0.29) is 0 Å². The number of rotatable bonds is 5. The molecule has 22 heavy (non-hydrogen) atoms. The van der Waals surface area contributed by atoms with Crippen LogP contribution in [0.25, 0.3) is 0 Å². The van der Waals surface area contributed by atoms with Crippen molar-refractivity contribution in [1.82, 2.24) is 0 Å². The normalized spacial score (nSPS) is 9.95. The SMILES string of the molecule is CCc1ccc(NC(=S)Nc2cc(OC)cc(OC)c2)cc1. The van der Waals surface area contributed by atoms with Crippen LogP contribution in [0, 0.1) is 0 Å². The highest BCUT2D eigenvalue weighted by Crippen LogP contribution is 2.25. The molecule has 0 bridgehead atoms. The third kappa shape index (κ3) is 4.36. The zero-order chi connectivity index (χ0) is 15.9. The minimum Gasteiger partial charge on any atom is -0.497 e. The Morgan fingerprint density at radius 2 is 1.45 bits per heavy atom. The number of nitrogens with one attached hydrogen (secondary N) is 2. The van der Waals surface area contributed by atoms with Crippen LogP contribution < -0.4 is 20.1 Å². The van der Waals surface area contributed by atoms with Crippen LogP contribution >= 0.6 is 12.2 Å². The molecule has 0 saturated carbocycles. The number of anilines is 2. The van der Waals surface area contributed by atoms with Crippen LogP contribution in [0.4, 0.5) is 11.4 Å². The van der Waals surface area contributed by atoms with Crippen LogP contribution in [-0.4, -0.2) is 19.3 Å². The lowest BCUT2D eigenvalue weighted by molar-refractivity contribution is 0.395. The molecule has 2 rings (SSSR count). The van der Waals surface area contributed by atoms with E-state index in [9.17, 15) is 0 Å². The van der Waals surface area contributed by atoms with Crippen molar-refractivity contribution in [1.29, 1.82) is 0 Å². The Hall–Kier alpha value is -2.27. The van der Waals surface area contributed by atoms with Gasteiger partial charge < -0.3 is 20.1 Å². The average Bonchev–Trinajstić information content (AvgIpc) is 2.55. The van der Waals surface area contributed by atoms with Crippen LogP contribution in [0.3, 0.4) is 0 Å². The summed E-state index contributed by atoms with van der Waals surface area (Å²) in [6, 6.07) is 13.7. The molecule has 2 aromatic rings. The van der Waals surface area contributed by atoms with Crippen molar-refractivity contribution < 1.29 is 9.47 Å². The lowest BCUT2D eigenvalue weighted by Crippen LogP contribution is -2.19. The molecule has 0 aromatic heterocycles. The lowest BCUT2D eigenvalue weighted by Gasteiger charge is -2.13. The summed E-state index contributed by atoms with van der Waals surface area (Å²) < 4.78 is 10.5. The van der Waals surface area contributed by atoms with Crippen LogP contribution in [0.2, 0.25) is 0 Å². The molecule has 0 fully saturated rings. The summed E-state index contributed by atoms with van der Waals surface area (Å²) >= 11 is 5.33. The standard InChI is InChI=1S/C17H20N2O2S/c1-4-12-5-7-13(8-6-12)18-17(22)19-14-9-15(20-2)11-16(10-14)21-3/h5-11H,4H2,1-3H3,(H2,18,19,22). The van der Waals surface area contributed by atoms with Gasteiger partial charge in [-0.15, -0.1) is 0 Å². The fraction of sp³-hybridized carbons (Fsp3) is 0.235. The van der Waals surface area contributed by atoms with Gasteiger partial charge in [-0.1, -0.05) is 19.1 Å². The third-order valence-corrected chi connectivity index (χ3v) is 3.43. The minimum absolute atomic E-state index is 0.513. The van der Waals surface area contributed by atoms with Crippen molar-refractivity contribution in [2.45, 2.75) is 13.3 Å². The number of hydrogen-bond donors (Lipinski definition) is 2. The van der Waals surface area contributed by atoms with Crippen LogP contribution in [0.15, 0.2) is 42.5 Å². The van der Waals surface area contributed by atoms with E-state index in [0.717, 1.165) is 17.8 Å². The second-order valence-corrected chi connectivity index (χ2v) is 5.14. The molecule has 4 nitrogen and oxygen atoms in total. The fourth-order valence-electron chi connectivity index (χ4n) is 2.00. The van der Waals surface area contributed by atoms with E-state index in [4.69, 9.17) is 21.7 Å². The van der Waals surface area contributed by atoms with Crippen molar-refractivity contribution >= 4 is 28.7 Å². The van der Waals surface area contributed by atoms with Gasteiger partial charge in [0.25, 0.3) is 0 Å². The molecule has 2 N–H and O–H groups in total. The van der Waals surface area contributed by atoms with Crippen molar-refractivity contribution in [2.24, 2.45) is 0 Å². The van der Waals surface area contributed by atoms with Gasteiger partial charge in [-0.05, 0) is 36.3 Å². The first-order valence-corrected chi connectivity index (χ1v) is 7.45. The summed E-state index contributed by atoms with van der Waals surface area (Å²) in [5, 5.41) is 6.80. The van der Waals surface area contributed by atoms with Gasteiger partial charge in [0, 0.05) is 29.6 Å². The molecule has 0 aliphatic rings. The van der Waals surface area contributed by atoms with Crippen molar-refractivity contribution in [2.75, 3.05) is 24.9 Å². The molecule has 0 atom stereocenters. The summed E-state index contributed by atoms with van der Waals surface area (Å²) in [6.45, 7) is 2.13. The molecular weight excluding hydrogens is 296 g/mol. The zero-order valence-corrected chi connectivity index (χ0v) is 13.8. The minimum atomic E-state index is 0.513. The van der Waals surface area contributed by atoms with E-state index >= 15 is 0 Å². The summed E-state index contributed by atoms with van der Waals surface area (Å²) in [7, 11) is 3.23. The number of aryl methyl sites for hydroxylation is 1. The van der Waals surface area contributed by atoms with Crippen molar-refractivity contribution in [3.8, 4) is 11.5 Å². The van der Waals surface area contributed by atoms with E-state index in [1.54, 1.807) is 14.2 Å². The maximum atomic E-state index is 5.33. The van der Waals surface area contributed by atoms with Crippen LogP contribution in [0.5, 0.6) is 11.5 Å². The van der Waals surface area contributed by atoms with E-state index in [1.165, 1.54) is 5.56 Å². The lowest BCUT2D eigenvalue weighted by atomic mass is 10.1. The second kappa shape index (κ2) is 7.66. The third-order valence-electron chi connectivity index (χ3n) is 3.23. The highest BCUT2D eigenvalue weighted by atomic mass is 32.1. The first-order valence-electron chi connectivity index (χ1n) is 7.04. The van der Waals surface area contributed by atoms with Gasteiger partial charge in [0.2, 0.25) is 0 Å². The molecule has 0 spiro atoms. The summed E-state index contributed by atoms with van der Waals surface area (Å²) in [5.41, 5.74) is 3.05. The summed E-state index contributed by atoms with van der Waals surface area (Å²) in [6.07, 6.45) is 1.02. The molecular formula is C17H20N2O2S. The van der Waals surface area contributed by atoms with Crippen LogP contribution in [0.1, 0.15) is 12.5 Å². The molecule has 0 amide bonds. The molecule has 0 aliphatic carbocycles. The fourth-order valence-corrected chi connectivity index (χ4v) is 2.23. The Morgan fingerprint density at radius 3 is 1.95 bits per heavy atom. The highest BCUT2D eigenvalue weighted by Gasteiger charge is 2.04. The van der Waals surface area contributed by atoms with Gasteiger partial charge in [-0.2, -0.15) is 0 Å². The van der Waals surface area contributed by atoms with E-state index in [0.29, 0.717) is 16.6 Å². The maximum absolute atomic E-state index is 5.33. The average molecular weight is 316 g/mol. The topological polar surface area (TPSA) is 42.5 Å². The smallest absolute Gasteiger partial charge is 0.175 e. The van der Waals surface area contributed by atoms with Crippen molar-refractivity contribution in [3.05, 3.63) is 48.0 Å². The molecule has 0 heterocycles. The monoisotopic (exact) mass is 316 g/mol. The molecule has 0 unspecified atom stereocenters. The number of benzene rings is 2. The van der Waals surface area contributed by atoms with E-state index in [2.05, 4.69) is 29.7 Å². The molecule has 2 aromatic carbocycles. The van der Waals surface area contributed by atoms with Crippen LogP contribution in [-0.2, 0) is 6.42 Å². The maximum Gasteiger partial charge on any atom is 0.175 e.